The molecule has 0 aliphatic heterocycles. The zero-order valence-corrected chi connectivity index (χ0v) is 10.3. The molecule has 4 heteroatoms. The van der Waals surface area contributed by atoms with Crippen molar-refractivity contribution in [2.45, 2.75) is 19.9 Å². The maximum Gasteiger partial charge on any atom is 0.335 e. The largest absolute Gasteiger partial charge is 0.478 e. The molecule has 1 unspecified atom stereocenters. The fraction of sp³-hybridized carbons (Fsp3) is 0.214. The van der Waals surface area contributed by atoms with Crippen molar-refractivity contribution >= 4 is 11.7 Å². The number of carboxylic acid groups (broad SMARTS) is 1. The van der Waals surface area contributed by atoms with Crippen LogP contribution < -0.4 is 5.32 Å². The maximum atomic E-state index is 10.9. The van der Waals surface area contributed by atoms with Gasteiger partial charge in [0.2, 0.25) is 0 Å². The predicted octanol–water partition coefficient (Wildman–Crippen LogP) is 3.46. The number of aryl methyl sites for hydroxylation is 1. The first-order chi connectivity index (χ1) is 8.56. The summed E-state index contributed by atoms with van der Waals surface area (Å²) in [4.78, 5) is 10.9. The van der Waals surface area contributed by atoms with E-state index in [1.54, 1.807) is 18.2 Å². The van der Waals surface area contributed by atoms with Crippen molar-refractivity contribution < 1.29 is 14.3 Å². The Morgan fingerprint density at radius 1 is 1.33 bits per heavy atom. The SMILES string of the molecule is Cc1ccc(C(C)Nc2cccc(C(=O)O)c2)o1. The van der Waals surface area contributed by atoms with Crippen molar-refractivity contribution in [3.05, 3.63) is 53.5 Å². The van der Waals surface area contributed by atoms with Gasteiger partial charge in [-0.15, -0.1) is 0 Å². The summed E-state index contributed by atoms with van der Waals surface area (Å²) in [6.07, 6.45) is 0. The summed E-state index contributed by atoms with van der Waals surface area (Å²) in [6.45, 7) is 3.85. The lowest BCUT2D eigenvalue weighted by atomic mass is 10.2. The van der Waals surface area contributed by atoms with E-state index in [9.17, 15) is 4.79 Å². The minimum Gasteiger partial charge on any atom is -0.478 e. The quantitative estimate of drug-likeness (QED) is 0.865. The van der Waals surface area contributed by atoms with Crippen LogP contribution in [0.2, 0.25) is 0 Å². The molecule has 2 aromatic rings. The van der Waals surface area contributed by atoms with Crippen molar-refractivity contribution in [1.82, 2.24) is 0 Å². The lowest BCUT2D eigenvalue weighted by Gasteiger charge is -2.13. The molecule has 0 radical (unpaired) electrons. The topological polar surface area (TPSA) is 62.5 Å². The lowest BCUT2D eigenvalue weighted by molar-refractivity contribution is 0.0697. The number of hydrogen-bond donors (Lipinski definition) is 2. The molecule has 2 rings (SSSR count). The second-order valence-corrected chi connectivity index (χ2v) is 4.20. The highest BCUT2D eigenvalue weighted by atomic mass is 16.4. The number of furan rings is 1. The molecule has 0 fully saturated rings. The molecule has 1 aromatic carbocycles. The maximum absolute atomic E-state index is 10.9. The summed E-state index contributed by atoms with van der Waals surface area (Å²) in [6, 6.07) is 10.5. The molecule has 1 heterocycles. The number of rotatable bonds is 4. The molecule has 2 N–H and O–H groups in total. The number of aromatic carboxylic acids is 1. The van der Waals surface area contributed by atoms with Crippen molar-refractivity contribution in [3.8, 4) is 0 Å². The molecule has 18 heavy (non-hydrogen) atoms. The predicted molar refractivity (Wildman–Crippen MR) is 68.9 cm³/mol. The van der Waals surface area contributed by atoms with Crippen LogP contribution in [0.25, 0.3) is 0 Å². The second-order valence-electron chi connectivity index (χ2n) is 4.20. The van der Waals surface area contributed by atoms with Crippen LogP contribution in [0.15, 0.2) is 40.8 Å². The van der Waals surface area contributed by atoms with Gasteiger partial charge in [0, 0.05) is 5.69 Å². The standard InChI is InChI=1S/C14H15NO3/c1-9-6-7-13(18-9)10(2)15-12-5-3-4-11(8-12)14(16)17/h3-8,10,15H,1-2H3,(H,16,17). The first kappa shape index (κ1) is 12.2. The van der Waals surface area contributed by atoms with Crippen LogP contribution in [0.5, 0.6) is 0 Å². The van der Waals surface area contributed by atoms with Gasteiger partial charge in [0.25, 0.3) is 0 Å². The van der Waals surface area contributed by atoms with Gasteiger partial charge in [-0.2, -0.15) is 0 Å². The van der Waals surface area contributed by atoms with Crippen molar-refractivity contribution in [2.75, 3.05) is 5.32 Å². The normalized spacial score (nSPS) is 12.1. The molecule has 0 saturated heterocycles. The summed E-state index contributed by atoms with van der Waals surface area (Å²) in [5.41, 5.74) is 1.03. The van der Waals surface area contributed by atoms with E-state index in [1.807, 2.05) is 32.0 Å². The summed E-state index contributed by atoms with van der Waals surface area (Å²) in [5, 5.41) is 12.1. The van der Waals surface area contributed by atoms with Gasteiger partial charge in [0.1, 0.15) is 11.5 Å². The summed E-state index contributed by atoms with van der Waals surface area (Å²) in [7, 11) is 0. The second kappa shape index (κ2) is 4.96. The van der Waals surface area contributed by atoms with Crippen LogP contribution in [0, 0.1) is 6.92 Å². The average molecular weight is 245 g/mol. The minimum atomic E-state index is -0.930. The Morgan fingerprint density at radius 2 is 2.11 bits per heavy atom. The highest BCUT2D eigenvalue weighted by Gasteiger charge is 2.10. The molecule has 0 amide bonds. The zero-order chi connectivity index (χ0) is 13.1. The van der Waals surface area contributed by atoms with Crippen molar-refractivity contribution in [2.24, 2.45) is 0 Å². The highest BCUT2D eigenvalue weighted by Crippen LogP contribution is 2.21. The molecular formula is C14H15NO3. The molecule has 94 valence electrons. The molecule has 1 aromatic heterocycles. The van der Waals surface area contributed by atoms with Crippen LogP contribution >= 0.6 is 0 Å². The average Bonchev–Trinajstić information content (AvgIpc) is 2.76. The fourth-order valence-corrected chi connectivity index (χ4v) is 1.75. The monoisotopic (exact) mass is 245 g/mol. The number of benzene rings is 1. The van der Waals surface area contributed by atoms with Crippen molar-refractivity contribution in [3.63, 3.8) is 0 Å². The third kappa shape index (κ3) is 2.71. The minimum absolute atomic E-state index is 0.0113. The van der Waals surface area contributed by atoms with E-state index < -0.39 is 5.97 Å². The lowest BCUT2D eigenvalue weighted by Crippen LogP contribution is -2.06. The first-order valence-electron chi connectivity index (χ1n) is 5.72. The fourth-order valence-electron chi connectivity index (χ4n) is 1.75. The van der Waals surface area contributed by atoms with Gasteiger partial charge < -0.3 is 14.8 Å². The summed E-state index contributed by atoms with van der Waals surface area (Å²) < 4.78 is 5.52. The molecule has 4 nitrogen and oxygen atoms in total. The van der Waals surface area contributed by atoms with Gasteiger partial charge in [0.05, 0.1) is 11.6 Å². The molecular weight excluding hydrogens is 230 g/mol. The molecule has 0 spiro atoms. The van der Waals surface area contributed by atoms with Gasteiger partial charge in [-0.1, -0.05) is 6.07 Å². The van der Waals surface area contributed by atoms with Crippen LogP contribution in [-0.4, -0.2) is 11.1 Å². The van der Waals surface area contributed by atoms with E-state index in [4.69, 9.17) is 9.52 Å². The number of carbonyl (C=O) groups is 1. The zero-order valence-electron chi connectivity index (χ0n) is 10.3. The summed E-state index contributed by atoms with van der Waals surface area (Å²) in [5.74, 6) is 0.756. The van der Waals surface area contributed by atoms with E-state index >= 15 is 0 Å². The third-order valence-electron chi connectivity index (χ3n) is 2.68. The van der Waals surface area contributed by atoms with E-state index in [0.717, 1.165) is 17.2 Å². The van der Waals surface area contributed by atoms with Gasteiger partial charge in [-0.05, 0) is 44.2 Å². The smallest absolute Gasteiger partial charge is 0.335 e. The first-order valence-corrected chi connectivity index (χ1v) is 5.72. The van der Waals surface area contributed by atoms with Crippen LogP contribution in [-0.2, 0) is 0 Å². The highest BCUT2D eigenvalue weighted by molar-refractivity contribution is 5.88. The molecule has 0 aliphatic carbocycles. The van der Waals surface area contributed by atoms with Gasteiger partial charge >= 0.3 is 5.97 Å². The number of nitrogens with one attached hydrogen (secondary N) is 1. The van der Waals surface area contributed by atoms with Gasteiger partial charge in [0.15, 0.2) is 0 Å². The van der Waals surface area contributed by atoms with Crippen LogP contribution in [0.1, 0.15) is 34.8 Å². The van der Waals surface area contributed by atoms with E-state index in [2.05, 4.69) is 5.32 Å². The Balaban J connectivity index is 2.14. The van der Waals surface area contributed by atoms with E-state index in [-0.39, 0.29) is 11.6 Å². The van der Waals surface area contributed by atoms with E-state index in [0.29, 0.717) is 0 Å². The Labute approximate surface area is 105 Å². The van der Waals surface area contributed by atoms with Crippen molar-refractivity contribution in [1.29, 1.82) is 0 Å². The van der Waals surface area contributed by atoms with Gasteiger partial charge in [-0.25, -0.2) is 4.79 Å². The van der Waals surface area contributed by atoms with E-state index in [1.165, 1.54) is 0 Å². The Bertz CT molecular complexity index is 560. The Kier molecular flexibility index (Phi) is 3.37. The summed E-state index contributed by atoms with van der Waals surface area (Å²) >= 11 is 0. The number of anilines is 1. The molecule has 0 bridgehead atoms. The molecule has 1 atom stereocenters. The van der Waals surface area contributed by atoms with Crippen LogP contribution in [0.3, 0.4) is 0 Å². The third-order valence-corrected chi connectivity index (χ3v) is 2.68. The number of hydrogen-bond acceptors (Lipinski definition) is 3. The van der Waals surface area contributed by atoms with Crippen LogP contribution in [0.4, 0.5) is 5.69 Å². The number of carboxylic acids is 1. The molecule has 0 aliphatic rings. The molecule has 0 saturated carbocycles. The Morgan fingerprint density at radius 3 is 2.72 bits per heavy atom. The van der Waals surface area contributed by atoms with Gasteiger partial charge in [-0.3, -0.25) is 0 Å². The Hall–Kier alpha value is -2.23.